The molecule has 1 fully saturated rings. The molecule has 8 heteroatoms. The maximum atomic E-state index is 12.2. The van der Waals surface area contributed by atoms with Crippen molar-refractivity contribution in [3.05, 3.63) is 24.3 Å². The summed E-state index contributed by atoms with van der Waals surface area (Å²) in [6.45, 7) is 2.06. The summed E-state index contributed by atoms with van der Waals surface area (Å²) in [5, 5.41) is 0. The van der Waals surface area contributed by atoms with E-state index in [1.165, 1.54) is 19.2 Å². The monoisotopic (exact) mass is 327 g/mol. The van der Waals surface area contributed by atoms with E-state index >= 15 is 0 Å². The number of benzene rings is 1. The fourth-order valence-corrected chi connectivity index (χ4v) is 3.42. The molecule has 0 saturated carbocycles. The quantitative estimate of drug-likeness (QED) is 0.705. The Balaban J connectivity index is 2.04. The Kier molecular flexibility index (Phi) is 5.38. The van der Waals surface area contributed by atoms with E-state index in [0.717, 1.165) is 12.8 Å². The Labute approximate surface area is 130 Å². The summed E-state index contributed by atoms with van der Waals surface area (Å²) in [6, 6.07) is 5.61. The number of nitrogens with one attached hydrogen (secondary N) is 3. The second kappa shape index (κ2) is 7.08. The minimum Gasteiger partial charge on any atom is -0.497 e. The number of ether oxygens (including phenoxy) is 1. The lowest BCUT2D eigenvalue weighted by molar-refractivity contribution is -0.121. The van der Waals surface area contributed by atoms with Crippen LogP contribution in [-0.2, 0) is 14.8 Å². The largest absolute Gasteiger partial charge is 0.497 e. The Bertz CT molecular complexity index is 633. The predicted molar refractivity (Wildman–Crippen MR) is 81.7 cm³/mol. The third-order valence-electron chi connectivity index (χ3n) is 3.52. The van der Waals surface area contributed by atoms with Crippen molar-refractivity contribution >= 4 is 15.9 Å². The molecule has 0 bridgehead atoms. The first-order chi connectivity index (χ1) is 10.5. The van der Waals surface area contributed by atoms with Crippen molar-refractivity contribution in [2.75, 3.05) is 7.11 Å². The van der Waals surface area contributed by atoms with Crippen molar-refractivity contribution in [1.82, 2.24) is 15.6 Å². The van der Waals surface area contributed by atoms with Crippen LogP contribution in [0.2, 0.25) is 0 Å². The Morgan fingerprint density at radius 1 is 1.41 bits per heavy atom. The van der Waals surface area contributed by atoms with Crippen molar-refractivity contribution in [3.8, 4) is 5.75 Å². The van der Waals surface area contributed by atoms with E-state index in [1.807, 2.05) is 0 Å². The molecule has 22 heavy (non-hydrogen) atoms. The molecular weight excluding hydrogens is 306 g/mol. The second-order valence-electron chi connectivity index (χ2n) is 5.21. The van der Waals surface area contributed by atoms with Crippen LogP contribution in [0.4, 0.5) is 0 Å². The number of hydrogen-bond donors (Lipinski definition) is 3. The SMILES string of the molecule is CCCC1CC(C(=O)NS(=O)(=O)c2cccc(OC)c2)NN1. The van der Waals surface area contributed by atoms with Gasteiger partial charge in [-0.3, -0.25) is 10.2 Å². The van der Waals surface area contributed by atoms with Crippen LogP contribution in [0.1, 0.15) is 26.2 Å². The number of hydrogen-bond acceptors (Lipinski definition) is 6. The normalized spacial score (nSPS) is 21.5. The highest BCUT2D eigenvalue weighted by molar-refractivity contribution is 7.90. The molecule has 1 amide bonds. The summed E-state index contributed by atoms with van der Waals surface area (Å²) >= 11 is 0. The molecule has 1 aromatic carbocycles. The first-order valence-electron chi connectivity index (χ1n) is 7.18. The number of sulfonamides is 1. The fraction of sp³-hybridized carbons (Fsp3) is 0.500. The molecule has 1 saturated heterocycles. The standard InChI is InChI=1S/C14H21N3O4S/c1-3-5-10-8-13(16-15-10)14(18)17-22(19,20)12-7-4-6-11(9-12)21-2/h4,6-7,9-10,13,15-16H,3,5,8H2,1-2H3,(H,17,18). The van der Waals surface area contributed by atoms with Gasteiger partial charge in [0.15, 0.2) is 0 Å². The van der Waals surface area contributed by atoms with E-state index in [1.54, 1.807) is 12.1 Å². The lowest BCUT2D eigenvalue weighted by Gasteiger charge is -2.11. The fourth-order valence-electron chi connectivity index (χ4n) is 2.36. The number of hydrazine groups is 1. The zero-order valence-corrected chi connectivity index (χ0v) is 13.4. The summed E-state index contributed by atoms with van der Waals surface area (Å²) < 4.78 is 31.6. The molecule has 0 aliphatic carbocycles. The number of carbonyl (C=O) groups excluding carboxylic acids is 1. The Hall–Kier alpha value is -1.64. The van der Waals surface area contributed by atoms with Gasteiger partial charge < -0.3 is 4.74 Å². The van der Waals surface area contributed by atoms with Gasteiger partial charge in [-0.2, -0.15) is 0 Å². The van der Waals surface area contributed by atoms with Crippen LogP contribution in [0.3, 0.4) is 0 Å². The Morgan fingerprint density at radius 3 is 2.86 bits per heavy atom. The van der Waals surface area contributed by atoms with Crippen LogP contribution < -0.4 is 20.3 Å². The van der Waals surface area contributed by atoms with Crippen LogP contribution in [0, 0.1) is 0 Å². The van der Waals surface area contributed by atoms with Crippen LogP contribution in [0.15, 0.2) is 29.2 Å². The van der Waals surface area contributed by atoms with Gasteiger partial charge in [0.25, 0.3) is 15.9 Å². The lowest BCUT2D eigenvalue weighted by Crippen LogP contribution is -2.45. The molecule has 122 valence electrons. The molecule has 3 N–H and O–H groups in total. The van der Waals surface area contributed by atoms with Crippen LogP contribution in [0.5, 0.6) is 5.75 Å². The summed E-state index contributed by atoms with van der Waals surface area (Å²) in [4.78, 5) is 12.1. The van der Waals surface area contributed by atoms with Gasteiger partial charge in [-0.05, 0) is 25.0 Å². The number of methoxy groups -OCH3 is 1. The molecule has 2 unspecified atom stereocenters. The molecule has 0 aromatic heterocycles. The maximum absolute atomic E-state index is 12.2. The highest BCUT2D eigenvalue weighted by Gasteiger charge is 2.31. The van der Waals surface area contributed by atoms with E-state index in [-0.39, 0.29) is 10.9 Å². The zero-order chi connectivity index (χ0) is 16.2. The number of carbonyl (C=O) groups is 1. The van der Waals surface area contributed by atoms with Gasteiger partial charge >= 0.3 is 0 Å². The molecular formula is C14H21N3O4S. The molecule has 1 aliphatic rings. The molecule has 1 heterocycles. The molecule has 1 aromatic rings. The van der Waals surface area contributed by atoms with Gasteiger partial charge in [0, 0.05) is 12.1 Å². The van der Waals surface area contributed by atoms with Crippen LogP contribution in [0.25, 0.3) is 0 Å². The minimum atomic E-state index is -3.91. The molecule has 2 atom stereocenters. The van der Waals surface area contributed by atoms with Gasteiger partial charge in [0.05, 0.1) is 12.0 Å². The van der Waals surface area contributed by atoms with E-state index in [9.17, 15) is 13.2 Å². The summed E-state index contributed by atoms with van der Waals surface area (Å²) in [5.74, 6) is -0.145. The summed E-state index contributed by atoms with van der Waals surface area (Å²) in [7, 11) is -2.46. The van der Waals surface area contributed by atoms with Crippen molar-refractivity contribution < 1.29 is 17.9 Å². The van der Waals surface area contributed by atoms with Gasteiger partial charge in [0.1, 0.15) is 11.8 Å². The van der Waals surface area contributed by atoms with Crippen molar-refractivity contribution in [3.63, 3.8) is 0 Å². The maximum Gasteiger partial charge on any atom is 0.264 e. The molecule has 1 aliphatic heterocycles. The van der Waals surface area contributed by atoms with Gasteiger partial charge in [0.2, 0.25) is 0 Å². The topological polar surface area (TPSA) is 96.5 Å². The van der Waals surface area contributed by atoms with Gasteiger partial charge in [-0.15, -0.1) is 0 Å². The predicted octanol–water partition coefficient (Wildman–Crippen LogP) is 0.535. The highest BCUT2D eigenvalue weighted by Crippen LogP contribution is 2.17. The number of amides is 1. The molecule has 7 nitrogen and oxygen atoms in total. The zero-order valence-electron chi connectivity index (χ0n) is 12.6. The average molecular weight is 327 g/mol. The van der Waals surface area contributed by atoms with Gasteiger partial charge in [-0.1, -0.05) is 19.4 Å². The third-order valence-corrected chi connectivity index (χ3v) is 4.87. The van der Waals surface area contributed by atoms with Crippen molar-refractivity contribution in [2.45, 2.75) is 43.2 Å². The van der Waals surface area contributed by atoms with Gasteiger partial charge in [-0.25, -0.2) is 18.6 Å². The van der Waals surface area contributed by atoms with E-state index < -0.39 is 22.0 Å². The first-order valence-corrected chi connectivity index (χ1v) is 8.66. The van der Waals surface area contributed by atoms with E-state index in [4.69, 9.17) is 4.74 Å². The number of rotatable bonds is 6. The van der Waals surface area contributed by atoms with E-state index in [0.29, 0.717) is 12.2 Å². The van der Waals surface area contributed by atoms with Crippen LogP contribution >= 0.6 is 0 Å². The highest BCUT2D eigenvalue weighted by atomic mass is 32.2. The Morgan fingerprint density at radius 2 is 2.18 bits per heavy atom. The smallest absolute Gasteiger partial charge is 0.264 e. The minimum absolute atomic E-state index is 0.00346. The van der Waals surface area contributed by atoms with Crippen LogP contribution in [-0.4, -0.2) is 33.5 Å². The average Bonchev–Trinajstić information content (AvgIpc) is 2.96. The van der Waals surface area contributed by atoms with Crippen molar-refractivity contribution in [1.29, 1.82) is 0 Å². The third kappa shape index (κ3) is 3.96. The molecule has 0 spiro atoms. The second-order valence-corrected chi connectivity index (χ2v) is 6.89. The summed E-state index contributed by atoms with van der Waals surface area (Å²) in [5.41, 5.74) is 5.84. The molecule has 0 radical (unpaired) electrons. The lowest BCUT2D eigenvalue weighted by atomic mass is 10.1. The first kappa shape index (κ1) is 16.7. The summed E-state index contributed by atoms with van der Waals surface area (Å²) in [6.07, 6.45) is 2.49. The molecule has 2 rings (SSSR count). The van der Waals surface area contributed by atoms with E-state index in [2.05, 4.69) is 22.5 Å². The van der Waals surface area contributed by atoms with Crippen molar-refractivity contribution in [2.24, 2.45) is 0 Å².